The van der Waals surface area contributed by atoms with Crippen LogP contribution in [0.25, 0.3) is 0 Å². The molecule has 0 spiro atoms. The van der Waals surface area contributed by atoms with Crippen LogP contribution in [0.3, 0.4) is 0 Å². The molecule has 2 unspecified atom stereocenters. The lowest BCUT2D eigenvalue weighted by molar-refractivity contribution is 0.665. The van der Waals surface area contributed by atoms with E-state index in [1.165, 1.54) is 0 Å². The Kier molecular flexibility index (Phi) is 1.13. The van der Waals surface area contributed by atoms with E-state index in [9.17, 15) is 0 Å². The molecule has 2 nitrogen and oxygen atoms in total. The number of hydrogen-bond donors (Lipinski definition) is 1. The molecule has 2 aliphatic heterocycles. The molecular weight excluding hydrogens is 124 g/mol. The van der Waals surface area contributed by atoms with E-state index in [0.29, 0.717) is 12.1 Å². The summed E-state index contributed by atoms with van der Waals surface area (Å²) in [5.41, 5.74) is 1.12. The Morgan fingerprint density at radius 1 is 1.50 bits per heavy atom. The molecule has 0 aromatic heterocycles. The molecule has 10 heavy (non-hydrogen) atoms. The van der Waals surface area contributed by atoms with Crippen LogP contribution in [0.4, 0.5) is 0 Å². The molecule has 0 fully saturated rings. The summed E-state index contributed by atoms with van der Waals surface area (Å²) in [6.45, 7) is 2.03. The van der Waals surface area contributed by atoms with Gasteiger partial charge in [-0.2, -0.15) is 0 Å². The molecule has 2 atom stereocenters. The lowest BCUT2D eigenvalue weighted by Gasteiger charge is -2.16. The lowest BCUT2D eigenvalue weighted by Crippen LogP contribution is -2.29. The molecule has 0 aliphatic carbocycles. The van der Waals surface area contributed by atoms with Crippen molar-refractivity contribution in [2.24, 2.45) is 4.99 Å². The Morgan fingerprint density at radius 2 is 2.40 bits per heavy atom. The van der Waals surface area contributed by atoms with Crippen LogP contribution in [0.15, 0.2) is 29.4 Å². The molecule has 2 heterocycles. The molecule has 2 aliphatic rings. The van der Waals surface area contributed by atoms with Gasteiger partial charge in [-0.3, -0.25) is 4.99 Å². The highest BCUT2D eigenvalue weighted by Gasteiger charge is 2.20. The monoisotopic (exact) mass is 134 g/mol. The summed E-state index contributed by atoms with van der Waals surface area (Å²) in [5.74, 6) is 0. The first-order valence-electron chi connectivity index (χ1n) is 3.51. The van der Waals surface area contributed by atoms with Gasteiger partial charge in [0.1, 0.15) is 0 Å². The molecule has 52 valence electrons. The molecule has 0 aromatic rings. The van der Waals surface area contributed by atoms with Crippen molar-refractivity contribution in [2.75, 3.05) is 0 Å². The third-order valence-electron chi connectivity index (χ3n) is 1.85. The van der Waals surface area contributed by atoms with E-state index in [1.54, 1.807) is 0 Å². The molecule has 2 rings (SSSR count). The van der Waals surface area contributed by atoms with Crippen LogP contribution in [0, 0.1) is 0 Å². The third kappa shape index (κ3) is 0.764. The molecular formula is C8H10N2. The minimum atomic E-state index is 0.352. The maximum Gasteiger partial charge on any atom is 0.0936 e. The fourth-order valence-corrected chi connectivity index (χ4v) is 1.30. The number of dihydropyridines is 1. The van der Waals surface area contributed by atoms with Crippen molar-refractivity contribution >= 4 is 5.71 Å². The Bertz CT molecular complexity index is 225. The maximum atomic E-state index is 4.42. The summed E-state index contributed by atoms with van der Waals surface area (Å²) >= 11 is 0. The zero-order chi connectivity index (χ0) is 6.97. The van der Waals surface area contributed by atoms with Crippen molar-refractivity contribution in [2.45, 2.75) is 19.0 Å². The second kappa shape index (κ2) is 1.97. The summed E-state index contributed by atoms with van der Waals surface area (Å²) in [4.78, 5) is 4.42. The topological polar surface area (TPSA) is 24.4 Å². The van der Waals surface area contributed by atoms with E-state index >= 15 is 0 Å². The number of nitrogens with zero attached hydrogens (tertiary/aromatic N) is 1. The van der Waals surface area contributed by atoms with Gasteiger partial charge in [0.15, 0.2) is 0 Å². The van der Waals surface area contributed by atoms with E-state index in [-0.39, 0.29) is 0 Å². The quantitative estimate of drug-likeness (QED) is 0.522. The standard InChI is InChI=1S/C8H10N2/c1-6-2-3-7-8(10-6)4-5-9-7/h2-5,7-9H,1H3. The Hall–Kier alpha value is -1.05. The van der Waals surface area contributed by atoms with E-state index in [2.05, 4.69) is 28.5 Å². The van der Waals surface area contributed by atoms with Crippen LogP contribution in [0.2, 0.25) is 0 Å². The van der Waals surface area contributed by atoms with Gasteiger partial charge < -0.3 is 5.32 Å². The summed E-state index contributed by atoms with van der Waals surface area (Å²) in [6, 6.07) is 0.772. The number of fused-ring (bicyclic) bond motifs is 1. The van der Waals surface area contributed by atoms with Gasteiger partial charge in [0.25, 0.3) is 0 Å². The molecule has 0 saturated carbocycles. The van der Waals surface area contributed by atoms with Gasteiger partial charge in [0.2, 0.25) is 0 Å². The number of hydrogen-bond acceptors (Lipinski definition) is 2. The van der Waals surface area contributed by atoms with Crippen molar-refractivity contribution in [3.63, 3.8) is 0 Å². The second-order valence-electron chi connectivity index (χ2n) is 2.67. The predicted molar refractivity (Wildman–Crippen MR) is 42.1 cm³/mol. The highest BCUT2D eigenvalue weighted by atomic mass is 15.0. The molecule has 2 heteroatoms. The molecule has 0 amide bonds. The third-order valence-corrected chi connectivity index (χ3v) is 1.85. The Labute approximate surface area is 60.3 Å². The minimum Gasteiger partial charge on any atom is -0.382 e. The van der Waals surface area contributed by atoms with Gasteiger partial charge in [-0.15, -0.1) is 0 Å². The van der Waals surface area contributed by atoms with Gasteiger partial charge in [-0.05, 0) is 25.3 Å². The predicted octanol–water partition coefficient (Wildman–Crippen LogP) is 0.871. The SMILES string of the molecule is CC1=NC2C=CNC2C=C1. The molecule has 0 saturated heterocycles. The first-order chi connectivity index (χ1) is 4.86. The van der Waals surface area contributed by atoms with Crippen molar-refractivity contribution in [3.05, 3.63) is 24.4 Å². The fraction of sp³-hybridized carbons (Fsp3) is 0.375. The van der Waals surface area contributed by atoms with Crippen LogP contribution in [-0.2, 0) is 0 Å². The van der Waals surface area contributed by atoms with Crippen molar-refractivity contribution in [1.29, 1.82) is 0 Å². The van der Waals surface area contributed by atoms with Gasteiger partial charge in [-0.25, -0.2) is 0 Å². The zero-order valence-corrected chi connectivity index (χ0v) is 5.91. The van der Waals surface area contributed by atoms with Gasteiger partial charge in [0, 0.05) is 5.71 Å². The van der Waals surface area contributed by atoms with Gasteiger partial charge in [-0.1, -0.05) is 6.08 Å². The average Bonchev–Trinajstić information content (AvgIpc) is 2.33. The van der Waals surface area contributed by atoms with E-state index in [0.717, 1.165) is 5.71 Å². The fourth-order valence-electron chi connectivity index (χ4n) is 1.30. The maximum absolute atomic E-state index is 4.42. The van der Waals surface area contributed by atoms with Crippen LogP contribution in [0.1, 0.15) is 6.92 Å². The Morgan fingerprint density at radius 3 is 3.30 bits per heavy atom. The van der Waals surface area contributed by atoms with Crippen molar-refractivity contribution < 1.29 is 0 Å². The molecule has 0 aromatic carbocycles. The van der Waals surface area contributed by atoms with Crippen LogP contribution < -0.4 is 5.32 Å². The normalized spacial score (nSPS) is 35.1. The number of rotatable bonds is 0. The highest BCUT2D eigenvalue weighted by molar-refractivity contribution is 5.93. The van der Waals surface area contributed by atoms with Crippen molar-refractivity contribution in [1.82, 2.24) is 5.32 Å². The summed E-state index contributed by atoms with van der Waals surface area (Å²) in [7, 11) is 0. The lowest BCUT2D eigenvalue weighted by atomic mass is 10.1. The second-order valence-corrected chi connectivity index (χ2v) is 2.67. The van der Waals surface area contributed by atoms with E-state index in [1.807, 2.05) is 13.1 Å². The average molecular weight is 134 g/mol. The summed E-state index contributed by atoms with van der Waals surface area (Å²) in [5, 5.41) is 3.20. The summed E-state index contributed by atoms with van der Waals surface area (Å²) in [6.07, 6.45) is 8.29. The smallest absolute Gasteiger partial charge is 0.0936 e. The van der Waals surface area contributed by atoms with Crippen molar-refractivity contribution in [3.8, 4) is 0 Å². The largest absolute Gasteiger partial charge is 0.382 e. The first-order valence-corrected chi connectivity index (χ1v) is 3.51. The number of nitrogens with one attached hydrogen (secondary N) is 1. The molecule has 0 radical (unpaired) electrons. The minimum absolute atomic E-state index is 0.352. The van der Waals surface area contributed by atoms with Crippen LogP contribution >= 0.6 is 0 Å². The number of aliphatic imine (C=N–C) groups is 1. The van der Waals surface area contributed by atoms with Gasteiger partial charge in [0.05, 0.1) is 12.1 Å². The van der Waals surface area contributed by atoms with E-state index in [4.69, 9.17) is 0 Å². The zero-order valence-electron chi connectivity index (χ0n) is 5.91. The molecule has 0 bridgehead atoms. The highest BCUT2D eigenvalue weighted by Crippen LogP contribution is 2.13. The number of allylic oxidation sites excluding steroid dienone is 1. The van der Waals surface area contributed by atoms with E-state index < -0.39 is 0 Å². The first kappa shape index (κ1) is 5.71. The van der Waals surface area contributed by atoms with Crippen LogP contribution in [0.5, 0.6) is 0 Å². The molecule has 1 N–H and O–H groups in total. The van der Waals surface area contributed by atoms with Crippen LogP contribution in [-0.4, -0.2) is 17.8 Å². The summed E-state index contributed by atoms with van der Waals surface area (Å²) < 4.78 is 0. The Balaban J connectivity index is 2.26. The van der Waals surface area contributed by atoms with Gasteiger partial charge >= 0.3 is 0 Å².